The molecule has 0 aliphatic rings. The Hall–Kier alpha value is -3.31. The molecule has 1 amide bonds. The fourth-order valence-electron chi connectivity index (χ4n) is 2.38. The van der Waals surface area contributed by atoms with Crippen LogP contribution in [0.25, 0.3) is 11.0 Å². The van der Waals surface area contributed by atoms with Crippen LogP contribution in [0.15, 0.2) is 34.1 Å². The van der Waals surface area contributed by atoms with E-state index < -0.39 is 18.5 Å². The number of carbonyl (C=O) groups excluding carboxylic acids is 2. The van der Waals surface area contributed by atoms with E-state index in [-0.39, 0.29) is 5.76 Å². The SMILES string of the molecule is COc1ccc2oc(C(=O)OCC(=O)Nc3sccc3C#N)c(C)c2c1. The number of nitrogens with zero attached hydrogens (tertiary/aromatic N) is 1. The van der Waals surface area contributed by atoms with Gasteiger partial charge in [0.25, 0.3) is 5.91 Å². The summed E-state index contributed by atoms with van der Waals surface area (Å²) in [6, 6.07) is 8.75. The van der Waals surface area contributed by atoms with Crippen LogP contribution in [0, 0.1) is 18.3 Å². The van der Waals surface area contributed by atoms with Gasteiger partial charge in [0, 0.05) is 10.9 Å². The summed E-state index contributed by atoms with van der Waals surface area (Å²) >= 11 is 1.22. The predicted molar refractivity (Wildman–Crippen MR) is 95.4 cm³/mol. The number of rotatable bonds is 5. The highest BCUT2D eigenvalue weighted by atomic mass is 32.1. The number of nitrogens with one attached hydrogen (secondary N) is 1. The zero-order valence-corrected chi connectivity index (χ0v) is 14.8. The number of ether oxygens (including phenoxy) is 2. The minimum absolute atomic E-state index is 0.0369. The van der Waals surface area contributed by atoms with Crippen molar-refractivity contribution in [2.24, 2.45) is 0 Å². The van der Waals surface area contributed by atoms with Gasteiger partial charge >= 0.3 is 5.97 Å². The van der Waals surface area contributed by atoms with Gasteiger partial charge in [-0.05, 0) is 36.6 Å². The van der Waals surface area contributed by atoms with Crippen LogP contribution < -0.4 is 10.1 Å². The summed E-state index contributed by atoms with van der Waals surface area (Å²) in [7, 11) is 1.55. The smallest absolute Gasteiger partial charge is 0.375 e. The molecular weight excluding hydrogens is 356 g/mol. The molecule has 0 bridgehead atoms. The highest BCUT2D eigenvalue weighted by Gasteiger charge is 2.20. The van der Waals surface area contributed by atoms with Crippen LogP contribution in [-0.2, 0) is 9.53 Å². The maximum atomic E-state index is 12.2. The van der Waals surface area contributed by atoms with E-state index in [1.165, 1.54) is 11.3 Å². The first kappa shape index (κ1) is 17.5. The van der Waals surface area contributed by atoms with Gasteiger partial charge < -0.3 is 19.2 Å². The number of furan rings is 1. The normalized spacial score (nSPS) is 10.3. The van der Waals surface area contributed by atoms with Crippen molar-refractivity contribution in [3.8, 4) is 11.8 Å². The molecule has 0 atom stereocenters. The van der Waals surface area contributed by atoms with Crippen molar-refractivity contribution in [1.29, 1.82) is 5.26 Å². The van der Waals surface area contributed by atoms with Crippen LogP contribution >= 0.6 is 11.3 Å². The third kappa shape index (κ3) is 3.38. The monoisotopic (exact) mass is 370 g/mol. The Morgan fingerprint density at radius 2 is 2.15 bits per heavy atom. The lowest BCUT2D eigenvalue weighted by molar-refractivity contribution is -0.119. The second kappa shape index (κ2) is 7.29. The highest BCUT2D eigenvalue weighted by Crippen LogP contribution is 2.29. The lowest BCUT2D eigenvalue weighted by Crippen LogP contribution is -2.20. The maximum absolute atomic E-state index is 12.2. The van der Waals surface area contributed by atoms with Gasteiger partial charge in [0.15, 0.2) is 6.61 Å². The standard InChI is InChI=1S/C18H14N2O5S/c1-10-13-7-12(23-2)3-4-14(13)25-16(10)18(22)24-9-15(21)20-17-11(8-19)5-6-26-17/h3-7H,9H2,1-2H3,(H,20,21). The molecule has 3 rings (SSSR count). The number of methoxy groups -OCH3 is 1. The number of nitriles is 1. The number of esters is 1. The van der Waals surface area contributed by atoms with Crippen LogP contribution in [0.1, 0.15) is 21.7 Å². The quantitative estimate of drug-likeness (QED) is 0.690. The molecule has 2 aromatic heterocycles. The number of amides is 1. The molecule has 7 nitrogen and oxygen atoms in total. The van der Waals surface area contributed by atoms with Gasteiger partial charge in [-0.1, -0.05) is 0 Å². The third-order valence-corrected chi connectivity index (χ3v) is 4.53. The molecule has 0 unspecified atom stereocenters. The summed E-state index contributed by atoms with van der Waals surface area (Å²) in [6.07, 6.45) is 0. The van der Waals surface area contributed by atoms with Crippen molar-refractivity contribution in [1.82, 2.24) is 0 Å². The second-order valence-corrected chi connectivity index (χ2v) is 6.23. The summed E-state index contributed by atoms with van der Waals surface area (Å²) in [5, 5.41) is 14.3. The number of hydrogen-bond donors (Lipinski definition) is 1. The van der Waals surface area contributed by atoms with Crippen LogP contribution in [0.5, 0.6) is 5.75 Å². The van der Waals surface area contributed by atoms with E-state index in [0.29, 0.717) is 27.5 Å². The molecule has 8 heteroatoms. The van der Waals surface area contributed by atoms with Crippen molar-refractivity contribution in [3.05, 3.63) is 46.5 Å². The molecule has 0 fully saturated rings. The molecule has 1 aromatic carbocycles. The molecule has 0 saturated carbocycles. The molecule has 0 saturated heterocycles. The van der Waals surface area contributed by atoms with Gasteiger partial charge in [0.05, 0.1) is 12.7 Å². The van der Waals surface area contributed by atoms with Gasteiger partial charge in [0.1, 0.15) is 22.4 Å². The van der Waals surface area contributed by atoms with Gasteiger partial charge in [-0.2, -0.15) is 5.26 Å². The summed E-state index contributed by atoms with van der Waals surface area (Å²) < 4.78 is 15.7. The number of carbonyl (C=O) groups is 2. The molecule has 0 aliphatic carbocycles. The number of aryl methyl sites for hydroxylation is 1. The van der Waals surface area contributed by atoms with E-state index in [1.54, 1.807) is 43.7 Å². The van der Waals surface area contributed by atoms with Gasteiger partial charge in [-0.3, -0.25) is 4.79 Å². The summed E-state index contributed by atoms with van der Waals surface area (Å²) in [5.74, 6) is -0.591. The average Bonchev–Trinajstić information content (AvgIpc) is 3.23. The van der Waals surface area contributed by atoms with Gasteiger partial charge in [-0.25, -0.2) is 4.79 Å². The Balaban J connectivity index is 1.68. The van der Waals surface area contributed by atoms with Crippen LogP contribution in [-0.4, -0.2) is 25.6 Å². The minimum atomic E-state index is -0.737. The lowest BCUT2D eigenvalue weighted by atomic mass is 10.1. The van der Waals surface area contributed by atoms with E-state index in [2.05, 4.69) is 5.32 Å². The number of thiophene rings is 1. The molecular formula is C18H14N2O5S. The molecule has 0 spiro atoms. The number of hydrogen-bond acceptors (Lipinski definition) is 7. The van der Waals surface area contributed by atoms with E-state index in [9.17, 15) is 9.59 Å². The molecule has 2 heterocycles. The van der Waals surface area contributed by atoms with Crippen molar-refractivity contribution in [2.45, 2.75) is 6.92 Å². The van der Waals surface area contributed by atoms with Crippen molar-refractivity contribution < 1.29 is 23.5 Å². The van der Waals surface area contributed by atoms with Crippen LogP contribution in [0.3, 0.4) is 0 Å². The maximum Gasteiger partial charge on any atom is 0.375 e. The van der Waals surface area contributed by atoms with E-state index in [4.69, 9.17) is 19.2 Å². The fraction of sp³-hybridized carbons (Fsp3) is 0.167. The van der Waals surface area contributed by atoms with Gasteiger partial charge in [-0.15, -0.1) is 11.3 Å². The van der Waals surface area contributed by atoms with Crippen LogP contribution in [0.4, 0.5) is 5.00 Å². The average molecular weight is 370 g/mol. The third-order valence-electron chi connectivity index (χ3n) is 3.70. The second-order valence-electron chi connectivity index (χ2n) is 5.32. The fourth-order valence-corrected chi connectivity index (χ4v) is 3.13. The van der Waals surface area contributed by atoms with E-state index in [0.717, 1.165) is 5.39 Å². The number of fused-ring (bicyclic) bond motifs is 1. The summed E-state index contributed by atoms with van der Waals surface area (Å²) in [6.45, 7) is 1.24. The highest BCUT2D eigenvalue weighted by molar-refractivity contribution is 7.14. The predicted octanol–water partition coefficient (Wildman–Crippen LogP) is 3.48. The van der Waals surface area contributed by atoms with Crippen LogP contribution in [0.2, 0.25) is 0 Å². The first-order chi connectivity index (χ1) is 12.5. The Morgan fingerprint density at radius 3 is 2.88 bits per heavy atom. The van der Waals surface area contributed by atoms with Gasteiger partial charge in [0.2, 0.25) is 5.76 Å². The number of anilines is 1. The lowest BCUT2D eigenvalue weighted by Gasteiger charge is -2.04. The first-order valence-electron chi connectivity index (χ1n) is 7.55. The Kier molecular flexibility index (Phi) is 4.91. The molecule has 3 aromatic rings. The minimum Gasteiger partial charge on any atom is -0.497 e. The zero-order chi connectivity index (χ0) is 18.7. The summed E-state index contributed by atoms with van der Waals surface area (Å²) in [4.78, 5) is 24.2. The topological polar surface area (TPSA) is 102 Å². The van der Waals surface area contributed by atoms with E-state index >= 15 is 0 Å². The zero-order valence-electron chi connectivity index (χ0n) is 14.0. The number of benzene rings is 1. The van der Waals surface area contributed by atoms with E-state index in [1.807, 2.05) is 6.07 Å². The molecule has 132 valence electrons. The molecule has 26 heavy (non-hydrogen) atoms. The summed E-state index contributed by atoms with van der Waals surface area (Å²) in [5.41, 5.74) is 1.49. The molecule has 0 radical (unpaired) electrons. The first-order valence-corrected chi connectivity index (χ1v) is 8.43. The van der Waals surface area contributed by atoms with Crippen molar-refractivity contribution in [3.63, 3.8) is 0 Å². The Bertz CT molecular complexity index is 1030. The van der Waals surface area contributed by atoms with Crippen molar-refractivity contribution in [2.75, 3.05) is 19.0 Å². The molecule has 1 N–H and O–H groups in total. The largest absolute Gasteiger partial charge is 0.497 e. The molecule has 0 aliphatic heterocycles. The Morgan fingerprint density at radius 1 is 1.35 bits per heavy atom. The Labute approximate surface area is 152 Å². The van der Waals surface area contributed by atoms with Crippen molar-refractivity contribution >= 4 is 39.2 Å².